The molecule has 0 aromatic rings. The molecule has 1 heteroatoms. The molecular weight excluding hydrogens is 170 g/mol. The number of nitrogens with two attached hydrogens (primary N) is 1. The fraction of sp³-hybridized carbons (Fsp3) is 1.00. The molecule has 1 unspecified atom stereocenters. The second-order valence-corrected chi connectivity index (χ2v) is 6.65. The molecule has 2 N–H and O–H groups in total. The van der Waals surface area contributed by atoms with E-state index in [2.05, 4.69) is 41.5 Å². The second-order valence-electron chi connectivity index (χ2n) is 6.65. The number of rotatable bonds is 1. The van der Waals surface area contributed by atoms with Crippen molar-refractivity contribution in [2.24, 2.45) is 22.5 Å². The van der Waals surface area contributed by atoms with Gasteiger partial charge in [0.1, 0.15) is 0 Å². The van der Waals surface area contributed by atoms with Gasteiger partial charge in [0.05, 0.1) is 0 Å². The molecule has 0 spiro atoms. The van der Waals surface area contributed by atoms with Crippen LogP contribution in [-0.4, -0.2) is 5.54 Å². The van der Waals surface area contributed by atoms with Gasteiger partial charge in [-0.2, -0.15) is 0 Å². The van der Waals surface area contributed by atoms with Crippen LogP contribution in [0.5, 0.6) is 0 Å². The van der Waals surface area contributed by atoms with Gasteiger partial charge in [-0.3, -0.25) is 0 Å². The van der Waals surface area contributed by atoms with Crippen molar-refractivity contribution >= 4 is 0 Å². The number of hydrogen-bond donors (Lipinski definition) is 1. The summed E-state index contributed by atoms with van der Waals surface area (Å²) in [5, 5.41) is 0. The van der Waals surface area contributed by atoms with E-state index in [9.17, 15) is 0 Å². The van der Waals surface area contributed by atoms with Crippen LogP contribution >= 0.6 is 0 Å². The zero-order chi connectivity index (χ0) is 11.2. The molecule has 2 atom stereocenters. The van der Waals surface area contributed by atoms with Crippen molar-refractivity contribution in [3.8, 4) is 0 Å². The Kier molecular flexibility index (Phi) is 2.78. The monoisotopic (exact) mass is 197 g/mol. The van der Waals surface area contributed by atoms with E-state index >= 15 is 0 Å². The largest absolute Gasteiger partial charge is 0.325 e. The zero-order valence-corrected chi connectivity index (χ0v) is 10.8. The van der Waals surface area contributed by atoms with Crippen molar-refractivity contribution in [3.63, 3.8) is 0 Å². The molecule has 1 aliphatic carbocycles. The van der Waals surface area contributed by atoms with E-state index in [0.717, 1.165) is 0 Å². The molecule has 0 heterocycles. The van der Waals surface area contributed by atoms with E-state index in [1.165, 1.54) is 19.3 Å². The molecule has 1 nitrogen and oxygen atoms in total. The lowest BCUT2D eigenvalue weighted by Gasteiger charge is -2.54. The maximum Gasteiger partial charge on any atom is 0.0190 e. The molecule has 14 heavy (non-hydrogen) atoms. The van der Waals surface area contributed by atoms with Gasteiger partial charge in [-0.05, 0) is 36.5 Å². The van der Waals surface area contributed by atoms with Crippen LogP contribution in [0.4, 0.5) is 0 Å². The Morgan fingerprint density at radius 3 is 1.79 bits per heavy atom. The van der Waals surface area contributed by atoms with E-state index in [-0.39, 0.29) is 5.54 Å². The maximum absolute atomic E-state index is 6.54. The van der Waals surface area contributed by atoms with Crippen molar-refractivity contribution in [1.29, 1.82) is 0 Å². The first-order valence-corrected chi connectivity index (χ1v) is 5.94. The van der Waals surface area contributed by atoms with E-state index in [0.29, 0.717) is 16.7 Å². The molecule has 0 saturated heterocycles. The van der Waals surface area contributed by atoms with Crippen molar-refractivity contribution in [3.05, 3.63) is 0 Å². The highest BCUT2D eigenvalue weighted by Gasteiger charge is 2.57. The summed E-state index contributed by atoms with van der Waals surface area (Å²) in [6.07, 6.45) is 3.77. The predicted molar refractivity (Wildman–Crippen MR) is 63.2 cm³/mol. The Labute approximate surface area is 89.5 Å². The smallest absolute Gasteiger partial charge is 0.0190 e. The van der Waals surface area contributed by atoms with Crippen LogP contribution in [0.3, 0.4) is 0 Å². The van der Waals surface area contributed by atoms with E-state index in [4.69, 9.17) is 5.73 Å². The van der Waals surface area contributed by atoms with Gasteiger partial charge in [-0.25, -0.2) is 0 Å². The average molecular weight is 197 g/mol. The summed E-state index contributed by atoms with van der Waals surface area (Å²) in [7, 11) is 0. The van der Waals surface area contributed by atoms with Gasteiger partial charge in [0, 0.05) is 5.54 Å². The molecule has 1 saturated carbocycles. The molecule has 0 radical (unpaired) electrons. The fourth-order valence-electron chi connectivity index (χ4n) is 4.29. The van der Waals surface area contributed by atoms with Gasteiger partial charge in [-0.15, -0.1) is 0 Å². The SMILES string of the molecule is CC(C)[C@]1(C(C)(C)C)CCCC1(C)N. The van der Waals surface area contributed by atoms with Crippen LogP contribution in [0.25, 0.3) is 0 Å². The highest BCUT2D eigenvalue weighted by Crippen LogP contribution is 2.59. The van der Waals surface area contributed by atoms with Crippen LogP contribution in [0.2, 0.25) is 0 Å². The second kappa shape index (κ2) is 3.23. The summed E-state index contributed by atoms with van der Waals surface area (Å²) in [6.45, 7) is 14.0. The van der Waals surface area contributed by atoms with Gasteiger partial charge in [0.2, 0.25) is 0 Å². The van der Waals surface area contributed by atoms with E-state index < -0.39 is 0 Å². The summed E-state index contributed by atoms with van der Waals surface area (Å²) in [4.78, 5) is 0. The normalized spacial score (nSPS) is 39.4. The summed E-state index contributed by atoms with van der Waals surface area (Å²) in [5.74, 6) is 0.667. The molecular formula is C13H27N. The van der Waals surface area contributed by atoms with Gasteiger partial charge in [0.25, 0.3) is 0 Å². The molecule has 84 valence electrons. The van der Waals surface area contributed by atoms with Gasteiger partial charge in [0.15, 0.2) is 0 Å². The highest BCUT2D eigenvalue weighted by atomic mass is 14.8. The highest BCUT2D eigenvalue weighted by molar-refractivity contribution is 5.10. The molecule has 1 fully saturated rings. The summed E-state index contributed by atoms with van der Waals surface area (Å²) >= 11 is 0. The standard InChI is InChI=1S/C13H27N/c1-10(2)13(11(3,4)5)9-7-8-12(13,6)14/h10H,7-9,14H2,1-6H3/t12?,13-/m0/s1. The fourth-order valence-corrected chi connectivity index (χ4v) is 4.29. The third-order valence-corrected chi connectivity index (χ3v) is 4.61. The third-order valence-electron chi connectivity index (χ3n) is 4.61. The molecule has 0 bridgehead atoms. The zero-order valence-electron chi connectivity index (χ0n) is 10.8. The van der Waals surface area contributed by atoms with Crippen LogP contribution in [-0.2, 0) is 0 Å². The molecule has 0 aromatic heterocycles. The van der Waals surface area contributed by atoms with Crippen molar-refractivity contribution in [1.82, 2.24) is 0 Å². The van der Waals surface area contributed by atoms with E-state index in [1.807, 2.05) is 0 Å². The van der Waals surface area contributed by atoms with Crippen molar-refractivity contribution in [2.75, 3.05) is 0 Å². The first-order valence-electron chi connectivity index (χ1n) is 5.94. The van der Waals surface area contributed by atoms with Gasteiger partial charge >= 0.3 is 0 Å². The number of hydrogen-bond acceptors (Lipinski definition) is 1. The van der Waals surface area contributed by atoms with Crippen LogP contribution in [0.1, 0.15) is 60.8 Å². The molecule has 1 aliphatic rings. The minimum Gasteiger partial charge on any atom is -0.325 e. The molecule has 0 aliphatic heterocycles. The third kappa shape index (κ3) is 1.41. The lowest BCUT2D eigenvalue weighted by atomic mass is 9.53. The molecule has 0 aromatic carbocycles. The summed E-state index contributed by atoms with van der Waals surface area (Å²) in [5.41, 5.74) is 7.17. The van der Waals surface area contributed by atoms with Gasteiger partial charge in [-0.1, -0.05) is 41.0 Å². The first-order chi connectivity index (χ1) is 6.15. The van der Waals surface area contributed by atoms with Crippen molar-refractivity contribution in [2.45, 2.75) is 66.3 Å². The Hall–Kier alpha value is -0.0400. The van der Waals surface area contributed by atoms with Crippen LogP contribution in [0, 0.1) is 16.7 Å². The Bertz CT molecular complexity index is 210. The summed E-state index contributed by atoms with van der Waals surface area (Å²) in [6, 6.07) is 0. The van der Waals surface area contributed by atoms with E-state index in [1.54, 1.807) is 0 Å². The molecule has 0 amide bonds. The van der Waals surface area contributed by atoms with Gasteiger partial charge < -0.3 is 5.73 Å². The average Bonchev–Trinajstić information content (AvgIpc) is 2.23. The Morgan fingerprint density at radius 2 is 1.64 bits per heavy atom. The lowest BCUT2D eigenvalue weighted by Crippen LogP contribution is -2.58. The van der Waals surface area contributed by atoms with Crippen LogP contribution < -0.4 is 5.73 Å². The lowest BCUT2D eigenvalue weighted by molar-refractivity contribution is -0.0202. The quantitative estimate of drug-likeness (QED) is 0.683. The minimum absolute atomic E-state index is 0.0133. The Morgan fingerprint density at radius 1 is 1.14 bits per heavy atom. The summed E-state index contributed by atoms with van der Waals surface area (Å²) < 4.78 is 0. The molecule has 1 rings (SSSR count). The topological polar surface area (TPSA) is 26.0 Å². The minimum atomic E-state index is 0.0133. The van der Waals surface area contributed by atoms with Crippen molar-refractivity contribution < 1.29 is 0 Å². The predicted octanol–water partition coefficient (Wildman–Crippen LogP) is 3.58. The first kappa shape index (κ1) is 12.0. The van der Waals surface area contributed by atoms with Crippen LogP contribution in [0.15, 0.2) is 0 Å². The maximum atomic E-state index is 6.54. The Balaban J connectivity index is 3.18.